The van der Waals surface area contributed by atoms with Crippen LogP contribution in [0.3, 0.4) is 0 Å². The first-order valence-electron chi connectivity index (χ1n) is 6.50. The summed E-state index contributed by atoms with van der Waals surface area (Å²) in [5.74, 6) is 1.88. The highest BCUT2D eigenvalue weighted by atomic mass is 16.7. The van der Waals surface area contributed by atoms with Crippen molar-refractivity contribution in [1.29, 1.82) is 0 Å². The largest absolute Gasteiger partial charge is 0.496 e. The van der Waals surface area contributed by atoms with Gasteiger partial charge in [-0.15, -0.1) is 0 Å². The third-order valence-corrected chi connectivity index (χ3v) is 3.65. The molecule has 2 heterocycles. The molecule has 18 heavy (non-hydrogen) atoms. The van der Waals surface area contributed by atoms with Crippen LogP contribution in [0, 0.1) is 0 Å². The summed E-state index contributed by atoms with van der Waals surface area (Å²) in [4.78, 5) is 0. The minimum atomic E-state index is 0.348. The number of ether oxygens (including phenoxy) is 3. The van der Waals surface area contributed by atoms with Gasteiger partial charge in [-0.3, -0.25) is 0 Å². The third-order valence-electron chi connectivity index (χ3n) is 3.65. The van der Waals surface area contributed by atoms with Crippen LogP contribution in [0.4, 0.5) is 0 Å². The summed E-state index contributed by atoms with van der Waals surface area (Å²) in [5.41, 5.74) is 2.29. The summed E-state index contributed by atoms with van der Waals surface area (Å²) in [6.07, 6.45) is 3.51. The average molecular weight is 249 g/mol. The van der Waals surface area contributed by atoms with E-state index in [1.54, 1.807) is 7.11 Å². The topological polar surface area (TPSA) is 39.7 Å². The number of methoxy groups -OCH3 is 1. The van der Waals surface area contributed by atoms with Crippen molar-refractivity contribution in [2.45, 2.75) is 31.9 Å². The summed E-state index contributed by atoms with van der Waals surface area (Å²) in [6.45, 7) is 2.08. The fourth-order valence-corrected chi connectivity index (χ4v) is 2.69. The summed E-state index contributed by atoms with van der Waals surface area (Å²) >= 11 is 0. The highest BCUT2D eigenvalue weighted by Gasteiger charge is 2.20. The molecule has 1 aromatic rings. The van der Waals surface area contributed by atoms with Crippen LogP contribution < -0.4 is 14.8 Å². The summed E-state index contributed by atoms with van der Waals surface area (Å²) in [6, 6.07) is 4.71. The molecule has 1 fully saturated rings. The Morgan fingerprint density at radius 3 is 3.17 bits per heavy atom. The van der Waals surface area contributed by atoms with Crippen LogP contribution >= 0.6 is 0 Å². The highest BCUT2D eigenvalue weighted by molar-refractivity contribution is 5.47. The molecule has 2 aliphatic heterocycles. The van der Waals surface area contributed by atoms with E-state index in [0.29, 0.717) is 19.4 Å². The van der Waals surface area contributed by atoms with Gasteiger partial charge in [-0.05, 0) is 43.5 Å². The predicted octanol–water partition coefficient (Wildman–Crippen LogP) is 1.86. The van der Waals surface area contributed by atoms with Gasteiger partial charge in [0, 0.05) is 11.6 Å². The molecule has 2 aliphatic rings. The molecule has 0 saturated carbocycles. The number of rotatable bonds is 3. The van der Waals surface area contributed by atoms with Gasteiger partial charge in [-0.1, -0.05) is 0 Å². The molecule has 98 valence electrons. The second kappa shape index (κ2) is 5.16. The highest BCUT2D eigenvalue weighted by Crippen LogP contribution is 2.32. The molecule has 0 aromatic heterocycles. The van der Waals surface area contributed by atoms with E-state index >= 15 is 0 Å². The van der Waals surface area contributed by atoms with E-state index in [0.717, 1.165) is 30.0 Å². The summed E-state index contributed by atoms with van der Waals surface area (Å²) in [7, 11) is 1.72. The van der Waals surface area contributed by atoms with Crippen LogP contribution in [0.2, 0.25) is 0 Å². The summed E-state index contributed by atoms with van der Waals surface area (Å²) < 4.78 is 16.3. The van der Waals surface area contributed by atoms with Crippen molar-refractivity contribution in [1.82, 2.24) is 5.32 Å². The molecule has 1 unspecified atom stereocenters. The Balaban J connectivity index is 1.86. The van der Waals surface area contributed by atoms with E-state index in [1.807, 2.05) is 6.07 Å². The third kappa shape index (κ3) is 2.31. The lowest BCUT2D eigenvalue weighted by Crippen LogP contribution is -2.24. The van der Waals surface area contributed by atoms with Crippen LogP contribution in [0.5, 0.6) is 11.5 Å². The molecule has 1 saturated heterocycles. The van der Waals surface area contributed by atoms with Crippen LogP contribution in [0.25, 0.3) is 0 Å². The van der Waals surface area contributed by atoms with E-state index in [1.165, 1.54) is 18.4 Å². The van der Waals surface area contributed by atoms with E-state index in [4.69, 9.17) is 14.2 Å². The van der Waals surface area contributed by atoms with Crippen molar-refractivity contribution in [3.05, 3.63) is 23.3 Å². The lowest BCUT2D eigenvalue weighted by molar-refractivity contribution is -0.0165. The Morgan fingerprint density at radius 2 is 2.39 bits per heavy atom. The maximum Gasteiger partial charge on any atom is 0.189 e. The normalized spacial score (nSPS) is 22.4. The monoisotopic (exact) mass is 249 g/mol. The first-order valence-corrected chi connectivity index (χ1v) is 6.50. The standard InChI is InChI=1S/C14H19NO3/c1-16-13-7-11-8-17-9-18-14(11)6-10(13)5-12-3-2-4-15-12/h6-7,12,15H,2-5,8-9H2,1H3. The number of nitrogens with one attached hydrogen (secondary N) is 1. The zero-order valence-electron chi connectivity index (χ0n) is 10.7. The van der Waals surface area contributed by atoms with Gasteiger partial charge >= 0.3 is 0 Å². The lowest BCUT2D eigenvalue weighted by atomic mass is 10.0. The Kier molecular flexibility index (Phi) is 3.39. The van der Waals surface area contributed by atoms with Gasteiger partial charge in [-0.25, -0.2) is 0 Å². The molecule has 0 spiro atoms. The molecular formula is C14H19NO3. The minimum Gasteiger partial charge on any atom is -0.496 e. The SMILES string of the molecule is COc1cc2c(cc1CC1CCCN1)OCOC2. The van der Waals surface area contributed by atoms with E-state index < -0.39 is 0 Å². The van der Waals surface area contributed by atoms with Gasteiger partial charge in [-0.2, -0.15) is 0 Å². The molecule has 0 amide bonds. The first kappa shape index (κ1) is 11.8. The van der Waals surface area contributed by atoms with Crippen molar-refractivity contribution in [3.8, 4) is 11.5 Å². The average Bonchev–Trinajstić information content (AvgIpc) is 2.91. The summed E-state index contributed by atoms with van der Waals surface area (Å²) in [5, 5.41) is 3.52. The van der Waals surface area contributed by atoms with Crippen molar-refractivity contribution in [2.75, 3.05) is 20.4 Å². The van der Waals surface area contributed by atoms with Crippen molar-refractivity contribution < 1.29 is 14.2 Å². The van der Waals surface area contributed by atoms with Crippen LogP contribution in [0.1, 0.15) is 24.0 Å². The minimum absolute atomic E-state index is 0.348. The van der Waals surface area contributed by atoms with Gasteiger partial charge in [0.05, 0.1) is 13.7 Å². The number of hydrogen-bond donors (Lipinski definition) is 1. The van der Waals surface area contributed by atoms with Crippen molar-refractivity contribution in [3.63, 3.8) is 0 Å². The second-order valence-corrected chi connectivity index (χ2v) is 4.88. The fraction of sp³-hybridized carbons (Fsp3) is 0.571. The molecular weight excluding hydrogens is 230 g/mol. The van der Waals surface area contributed by atoms with Gasteiger partial charge in [0.25, 0.3) is 0 Å². The predicted molar refractivity (Wildman–Crippen MR) is 68.0 cm³/mol. The zero-order valence-corrected chi connectivity index (χ0v) is 10.7. The number of benzene rings is 1. The molecule has 1 atom stereocenters. The van der Waals surface area contributed by atoms with Gasteiger partial charge in [0.2, 0.25) is 0 Å². The fourth-order valence-electron chi connectivity index (χ4n) is 2.69. The van der Waals surface area contributed by atoms with Gasteiger partial charge < -0.3 is 19.5 Å². The quantitative estimate of drug-likeness (QED) is 0.887. The maximum atomic E-state index is 5.53. The lowest BCUT2D eigenvalue weighted by Gasteiger charge is -2.21. The molecule has 1 aromatic carbocycles. The maximum absolute atomic E-state index is 5.53. The Bertz CT molecular complexity index is 427. The molecule has 1 N–H and O–H groups in total. The Labute approximate surface area is 107 Å². The Morgan fingerprint density at radius 1 is 1.44 bits per heavy atom. The van der Waals surface area contributed by atoms with Gasteiger partial charge in [0.1, 0.15) is 11.5 Å². The smallest absolute Gasteiger partial charge is 0.189 e. The van der Waals surface area contributed by atoms with Gasteiger partial charge in [0.15, 0.2) is 6.79 Å². The first-order chi connectivity index (χ1) is 8.86. The molecule has 0 bridgehead atoms. The second-order valence-electron chi connectivity index (χ2n) is 4.88. The molecule has 4 heteroatoms. The van der Waals surface area contributed by atoms with Crippen LogP contribution in [0.15, 0.2) is 12.1 Å². The van der Waals surface area contributed by atoms with Crippen LogP contribution in [-0.4, -0.2) is 26.5 Å². The van der Waals surface area contributed by atoms with Crippen molar-refractivity contribution in [2.24, 2.45) is 0 Å². The molecule has 3 rings (SSSR count). The Hall–Kier alpha value is -1.26. The zero-order chi connectivity index (χ0) is 12.4. The van der Waals surface area contributed by atoms with E-state index in [-0.39, 0.29) is 0 Å². The molecule has 0 radical (unpaired) electrons. The number of hydrogen-bond acceptors (Lipinski definition) is 4. The van der Waals surface area contributed by atoms with E-state index in [2.05, 4.69) is 11.4 Å². The van der Waals surface area contributed by atoms with E-state index in [9.17, 15) is 0 Å². The molecule has 0 aliphatic carbocycles. The van der Waals surface area contributed by atoms with Crippen LogP contribution in [-0.2, 0) is 17.8 Å². The molecule has 4 nitrogen and oxygen atoms in total. The number of fused-ring (bicyclic) bond motifs is 1. The van der Waals surface area contributed by atoms with Crippen molar-refractivity contribution >= 4 is 0 Å².